The molecule has 1 fully saturated rings. The number of halogens is 2. The molecule has 0 radical (unpaired) electrons. The van der Waals surface area contributed by atoms with Gasteiger partial charge in [-0.05, 0) is 48.6 Å². The van der Waals surface area contributed by atoms with Crippen LogP contribution in [0.3, 0.4) is 0 Å². The van der Waals surface area contributed by atoms with Gasteiger partial charge in [0.2, 0.25) is 0 Å². The van der Waals surface area contributed by atoms with Crippen LogP contribution in [0.5, 0.6) is 0 Å². The summed E-state index contributed by atoms with van der Waals surface area (Å²) in [5.74, 6) is -2.27. The number of benzene rings is 2. The van der Waals surface area contributed by atoms with Crippen LogP contribution in [0.4, 0.5) is 5.69 Å². The Morgan fingerprint density at radius 3 is 2.61 bits per heavy atom. The lowest BCUT2D eigenvalue weighted by Crippen LogP contribution is -2.60. The number of aliphatic carboxylic acids is 1. The predicted molar refractivity (Wildman–Crippen MR) is 119 cm³/mol. The molecule has 8 heteroatoms. The smallest absolute Gasteiger partial charge is 0.324 e. The lowest BCUT2D eigenvalue weighted by molar-refractivity contribution is -0.146. The van der Waals surface area contributed by atoms with Crippen molar-refractivity contribution < 1.29 is 19.5 Å². The number of carbonyl (C=O) groups is 3. The maximum atomic E-state index is 13.6. The number of hydrogen-bond donors (Lipinski definition) is 2. The van der Waals surface area contributed by atoms with Crippen molar-refractivity contribution in [3.63, 3.8) is 0 Å². The molecule has 2 aliphatic rings. The molecular formula is C23H22Cl2N2O4. The highest BCUT2D eigenvalue weighted by Crippen LogP contribution is 2.53. The molecule has 1 aliphatic heterocycles. The van der Waals surface area contributed by atoms with Gasteiger partial charge in [0.1, 0.15) is 11.8 Å². The summed E-state index contributed by atoms with van der Waals surface area (Å²) in [6, 6.07) is 11.7. The second-order valence-electron chi connectivity index (χ2n) is 8.21. The van der Waals surface area contributed by atoms with E-state index in [-0.39, 0.29) is 29.3 Å². The molecule has 1 amide bonds. The Balaban J connectivity index is 1.88. The normalized spacial score (nSPS) is 24.1. The molecule has 2 aromatic rings. The van der Waals surface area contributed by atoms with Crippen LogP contribution in [-0.2, 0) is 9.59 Å². The first-order chi connectivity index (χ1) is 14.8. The summed E-state index contributed by atoms with van der Waals surface area (Å²) < 4.78 is 0. The number of nitrogens with two attached hydrogens (primary N) is 1. The largest absolute Gasteiger partial charge is 0.480 e. The van der Waals surface area contributed by atoms with Crippen LogP contribution in [0.2, 0.25) is 10.0 Å². The zero-order valence-electron chi connectivity index (χ0n) is 16.6. The number of carbonyl (C=O) groups excluding carboxylic acids is 2. The molecule has 1 aliphatic carbocycles. The molecule has 4 unspecified atom stereocenters. The summed E-state index contributed by atoms with van der Waals surface area (Å²) in [7, 11) is 0. The Labute approximate surface area is 189 Å². The van der Waals surface area contributed by atoms with Crippen LogP contribution in [-0.4, -0.2) is 34.8 Å². The van der Waals surface area contributed by atoms with Crippen LogP contribution in [0.1, 0.15) is 47.5 Å². The van der Waals surface area contributed by atoms with E-state index in [2.05, 4.69) is 0 Å². The van der Waals surface area contributed by atoms with Gasteiger partial charge in [0, 0.05) is 29.1 Å². The van der Waals surface area contributed by atoms with Crippen molar-refractivity contribution >= 4 is 47.1 Å². The number of hydrogen-bond acceptors (Lipinski definition) is 4. The van der Waals surface area contributed by atoms with Crippen molar-refractivity contribution in [1.29, 1.82) is 0 Å². The fourth-order valence-corrected chi connectivity index (χ4v) is 5.74. The van der Waals surface area contributed by atoms with Gasteiger partial charge in [0.05, 0.1) is 10.6 Å². The number of carboxylic acids is 1. The van der Waals surface area contributed by atoms with Gasteiger partial charge in [-0.2, -0.15) is 0 Å². The fraction of sp³-hybridized carbons (Fsp3) is 0.348. The molecule has 0 saturated heterocycles. The van der Waals surface area contributed by atoms with Crippen LogP contribution >= 0.6 is 23.2 Å². The third-order valence-corrected chi connectivity index (χ3v) is 7.13. The highest BCUT2D eigenvalue weighted by molar-refractivity contribution is 6.37. The highest BCUT2D eigenvalue weighted by Gasteiger charge is 2.55. The van der Waals surface area contributed by atoms with Crippen LogP contribution in [0.25, 0.3) is 0 Å². The minimum Gasteiger partial charge on any atom is -0.480 e. The standard InChI is InChI=1S/C23H22Cl2N2O4/c24-13-8-9-14(17(25)12-13)21(29)27-18-6-2-1-4-15(18)20(16-5-3-7-19(16)27)23(26,10-11-28)22(30)31/h1-2,4,6,8-9,11-12,16,19-20H,3,5,7,10,26H2,(H,30,31). The van der Waals surface area contributed by atoms with E-state index in [4.69, 9.17) is 28.9 Å². The van der Waals surface area contributed by atoms with E-state index >= 15 is 0 Å². The average molecular weight is 461 g/mol. The molecule has 31 heavy (non-hydrogen) atoms. The van der Waals surface area contributed by atoms with Crippen molar-refractivity contribution in [3.05, 3.63) is 63.6 Å². The van der Waals surface area contributed by atoms with E-state index in [0.29, 0.717) is 41.0 Å². The molecule has 4 rings (SSSR count). The van der Waals surface area contributed by atoms with Crippen LogP contribution in [0, 0.1) is 5.92 Å². The molecule has 6 nitrogen and oxygen atoms in total. The summed E-state index contributed by atoms with van der Waals surface area (Å²) in [6.07, 6.45) is 2.51. The first kappa shape index (κ1) is 21.8. The Hall–Kier alpha value is -2.41. The first-order valence-corrected chi connectivity index (χ1v) is 10.9. The fourth-order valence-electron chi connectivity index (χ4n) is 5.26. The quantitative estimate of drug-likeness (QED) is 0.648. The number of aldehydes is 1. The van der Waals surface area contributed by atoms with Gasteiger partial charge in [-0.1, -0.05) is 47.8 Å². The second-order valence-corrected chi connectivity index (χ2v) is 9.06. The molecule has 162 valence electrons. The Morgan fingerprint density at radius 2 is 1.94 bits per heavy atom. The van der Waals surface area contributed by atoms with E-state index in [0.717, 1.165) is 6.42 Å². The van der Waals surface area contributed by atoms with E-state index in [1.54, 1.807) is 41.3 Å². The predicted octanol–water partition coefficient (Wildman–Crippen LogP) is 4.28. The van der Waals surface area contributed by atoms with Gasteiger partial charge in [-0.3, -0.25) is 9.59 Å². The van der Waals surface area contributed by atoms with Crippen LogP contribution in [0.15, 0.2) is 42.5 Å². The van der Waals surface area contributed by atoms with Gasteiger partial charge in [-0.25, -0.2) is 0 Å². The number of amides is 1. The van der Waals surface area contributed by atoms with Crippen molar-refractivity contribution in [2.45, 2.75) is 43.2 Å². The summed E-state index contributed by atoms with van der Waals surface area (Å²) in [5, 5.41) is 10.7. The number of fused-ring (bicyclic) bond motifs is 2. The summed E-state index contributed by atoms with van der Waals surface area (Å²) >= 11 is 12.3. The maximum absolute atomic E-state index is 13.6. The van der Waals surface area contributed by atoms with E-state index < -0.39 is 17.4 Å². The zero-order chi connectivity index (χ0) is 22.3. The third-order valence-electron chi connectivity index (χ3n) is 6.58. The summed E-state index contributed by atoms with van der Waals surface area (Å²) in [4.78, 5) is 39.0. The lowest BCUT2D eigenvalue weighted by Gasteiger charge is -2.48. The summed E-state index contributed by atoms with van der Waals surface area (Å²) in [6.45, 7) is 0. The summed E-state index contributed by atoms with van der Waals surface area (Å²) in [5.41, 5.74) is 6.25. The zero-order valence-corrected chi connectivity index (χ0v) is 18.1. The molecule has 1 saturated carbocycles. The first-order valence-electron chi connectivity index (χ1n) is 10.1. The Morgan fingerprint density at radius 1 is 1.19 bits per heavy atom. The molecule has 3 N–H and O–H groups in total. The van der Waals surface area contributed by atoms with Gasteiger partial charge in [-0.15, -0.1) is 0 Å². The average Bonchev–Trinajstić information content (AvgIpc) is 3.20. The molecule has 4 atom stereocenters. The van der Waals surface area contributed by atoms with E-state index in [1.807, 2.05) is 0 Å². The molecule has 1 heterocycles. The van der Waals surface area contributed by atoms with Crippen molar-refractivity contribution in [2.24, 2.45) is 11.7 Å². The minimum absolute atomic E-state index is 0.189. The third kappa shape index (κ3) is 3.53. The van der Waals surface area contributed by atoms with Crippen molar-refractivity contribution in [3.8, 4) is 0 Å². The minimum atomic E-state index is -1.75. The number of nitrogens with zero attached hydrogens (tertiary/aromatic N) is 1. The number of anilines is 1. The van der Waals surface area contributed by atoms with Gasteiger partial charge in [0.15, 0.2) is 0 Å². The van der Waals surface area contributed by atoms with Gasteiger partial charge in [0.25, 0.3) is 5.91 Å². The topological polar surface area (TPSA) is 101 Å². The number of carboxylic acid groups (broad SMARTS) is 1. The molecule has 0 spiro atoms. The Bertz CT molecular complexity index is 1060. The molecular weight excluding hydrogens is 439 g/mol. The SMILES string of the molecule is NC(CC=O)(C(=O)O)C1c2ccccc2N(C(=O)c2ccc(Cl)cc2Cl)C2CCCC21. The Kier molecular flexibility index (Phi) is 5.81. The van der Waals surface area contributed by atoms with E-state index in [9.17, 15) is 19.5 Å². The number of rotatable bonds is 5. The molecule has 0 aromatic heterocycles. The van der Waals surface area contributed by atoms with Gasteiger partial charge < -0.3 is 20.5 Å². The van der Waals surface area contributed by atoms with Crippen LogP contribution < -0.4 is 10.6 Å². The molecule has 0 bridgehead atoms. The van der Waals surface area contributed by atoms with E-state index in [1.165, 1.54) is 6.07 Å². The highest BCUT2D eigenvalue weighted by atomic mass is 35.5. The number of para-hydroxylation sites is 1. The monoisotopic (exact) mass is 460 g/mol. The van der Waals surface area contributed by atoms with Crippen molar-refractivity contribution in [1.82, 2.24) is 0 Å². The maximum Gasteiger partial charge on any atom is 0.324 e. The van der Waals surface area contributed by atoms with Crippen molar-refractivity contribution in [2.75, 3.05) is 4.90 Å². The second kappa shape index (κ2) is 8.26. The lowest BCUT2D eigenvalue weighted by atomic mass is 9.66. The molecule has 2 aromatic carbocycles. The van der Waals surface area contributed by atoms with Gasteiger partial charge >= 0.3 is 5.97 Å².